The van der Waals surface area contributed by atoms with Gasteiger partial charge in [-0.1, -0.05) is 42.6 Å². The molecule has 1 aromatic rings. The molecular formula is C19H27Cl2N3O2S. The van der Waals surface area contributed by atoms with E-state index >= 15 is 0 Å². The molecule has 1 aliphatic heterocycles. The van der Waals surface area contributed by atoms with Crippen molar-refractivity contribution >= 4 is 52.5 Å². The normalized spacial score (nSPS) is 21.8. The van der Waals surface area contributed by atoms with Gasteiger partial charge in [0.15, 0.2) is 5.17 Å². The van der Waals surface area contributed by atoms with E-state index in [4.69, 9.17) is 21.3 Å². The number of anilines is 1. The van der Waals surface area contributed by atoms with Gasteiger partial charge < -0.3 is 15.0 Å². The van der Waals surface area contributed by atoms with Crippen LogP contribution in [0.2, 0.25) is 5.02 Å². The number of thioether (sulfide) groups is 1. The summed E-state index contributed by atoms with van der Waals surface area (Å²) in [5, 5.41) is 4.50. The van der Waals surface area contributed by atoms with Crippen LogP contribution >= 0.6 is 35.8 Å². The molecule has 1 N–H and O–H groups in total. The summed E-state index contributed by atoms with van der Waals surface area (Å²) in [5.41, 5.74) is 0.685. The van der Waals surface area contributed by atoms with Crippen molar-refractivity contribution in [2.45, 2.75) is 50.6 Å². The number of rotatable bonds is 5. The number of hydrogen-bond donors (Lipinski definition) is 1. The Kier molecular flexibility index (Phi) is 8.58. The minimum absolute atomic E-state index is 0. The number of nitrogens with one attached hydrogen (secondary N) is 1. The van der Waals surface area contributed by atoms with Gasteiger partial charge in [0.1, 0.15) is 5.75 Å². The van der Waals surface area contributed by atoms with Crippen LogP contribution in [0.1, 0.15) is 38.5 Å². The van der Waals surface area contributed by atoms with Crippen LogP contribution in [0.25, 0.3) is 0 Å². The Morgan fingerprint density at radius 1 is 1.37 bits per heavy atom. The number of carbonyl (C=O) groups excluding carboxylic acids is 1. The lowest BCUT2D eigenvalue weighted by Crippen LogP contribution is -2.34. The molecule has 0 aromatic heterocycles. The first-order valence-corrected chi connectivity index (χ1v) is 10.5. The maximum atomic E-state index is 12.4. The quantitative estimate of drug-likeness (QED) is 0.724. The number of benzene rings is 1. The summed E-state index contributed by atoms with van der Waals surface area (Å²) in [6.45, 7) is 0. The van der Waals surface area contributed by atoms with Crippen molar-refractivity contribution in [1.29, 1.82) is 0 Å². The van der Waals surface area contributed by atoms with Crippen LogP contribution in [0.3, 0.4) is 0 Å². The molecule has 1 unspecified atom stereocenters. The Morgan fingerprint density at radius 3 is 2.78 bits per heavy atom. The number of amides is 1. The lowest BCUT2D eigenvalue weighted by Gasteiger charge is -2.23. The fourth-order valence-electron chi connectivity index (χ4n) is 3.40. The molecule has 2 aliphatic rings. The second-order valence-corrected chi connectivity index (χ2v) is 8.28. The van der Waals surface area contributed by atoms with Crippen molar-refractivity contribution in [3.63, 3.8) is 0 Å². The Bertz CT molecular complexity index is 681. The summed E-state index contributed by atoms with van der Waals surface area (Å²) in [6.07, 6.45) is 6.74. The summed E-state index contributed by atoms with van der Waals surface area (Å²) in [5.74, 6) is 1.49. The second-order valence-electron chi connectivity index (χ2n) is 6.88. The maximum Gasteiger partial charge on any atom is 0.226 e. The van der Waals surface area contributed by atoms with E-state index in [2.05, 4.69) is 10.2 Å². The largest absolute Gasteiger partial charge is 0.495 e. The molecule has 0 spiro atoms. The summed E-state index contributed by atoms with van der Waals surface area (Å²) >= 11 is 7.88. The lowest BCUT2D eigenvalue weighted by molar-refractivity contribution is -0.116. The number of halogens is 2. The Hall–Kier alpha value is -1.11. The third kappa shape index (κ3) is 5.93. The molecule has 1 saturated carbocycles. The van der Waals surface area contributed by atoms with Crippen molar-refractivity contribution in [1.82, 2.24) is 4.90 Å². The summed E-state index contributed by atoms with van der Waals surface area (Å²) < 4.78 is 5.13. The van der Waals surface area contributed by atoms with Gasteiger partial charge in [-0.25, -0.2) is 0 Å². The fourth-order valence-corrected chi connectivity index (χ4v) is 4.92. The first kappa shape index (κ1) is 22.2. The van der Waals surface area contributed by atoms with E-state index in [0.29, 0.717) is 28.9 Å². The molecule has 5 nitrogen and oxygen atoms in total. The standard InChI is InChI=1S/C19H26ClN3O2S.ClH/c1-23-15(12-26-19(23)22-13-6-4-3-5-7-13)11-18(24)21-14-8-9-17(25-2)16(20)10-14;/h8-10,13,15H,3-7,11-12H2,1-2H3,(H,21,24);1H/b22-19-;. The Morgan fingerprint density at radius 2 is 2.11 bits per heavy atom. The third-order valence-electron chi connectivity index (χ3n) is 4.98. The van der Waals surface area contributed by atoms with Gasteiger partial charge in [0.25, 0.3) is 0 Å². The van der Waals surface area contributed by atoms with E-state index in [1.54, 1.807) is 37.1 Å². The highest BCUT2D eigenvalue weighted by molar-refractivity contribution is 8.14. The average Bonchev–Trinajstić information content (AvgIpc) is 2.96. The number of carbonyl (C=O) groups is 1. The van der Waals surface area contributed by atoms with E-state index in [-0.39, 0.29) is 24.4 Å². The Balaban J connectivity index is 0.00000261. The van der Waals surface area contributed by atoms with Crippen LogP contribution in [0.4, 0.5) is 5.69 Å². The topological polar surface area (TPSA) is 53.9 Å². The number of ether oxygens (including phenoxy) is 1. The number of nitrogens with zero attached hydrogens (tertiary/aromatic N) is 2. The van der Waals surface area contributed by atoms with Crippen molar-refractivity contribution < 1.29 is 9.53 Å². The van der Waals surface area contributed by atoms with Crippen LogP contribution in [0.15, 0.2) is 23.2 Å². The van der Waals surface area contributed by atoms with Gasteiger partial charge in [0, 0.05) is 31.0 Å². The predicted octanol–water partition coefficient (Wildman–Crippen LogP) is 4.83. The predicted molar refractivity (Wildman–Crippen MR) is 117 cm³/mol. The summed E-state index contributed by atoms with van der Waals surface area (Å²) in [4.78, 5) is 19.5. The molecule has 1 atom stereocenters. The third-order valence-corrected chi connectivity index (χ3v) is 6.48. The first-order chi connectivity index (χ1) is 12.6. The summed E-state index contributed by atoms with van der Waals surface area (Å²) in [7, 11) is 3.61. The molecular weight excluding hydrogens is 405 g/mol. The number of amidine groups is 1. The van der Waals surface area contributed by atoms with Crippen LogP contribution in [-0.2, 0) is 4.79 Å². The van der Waals surface area contributed by atoms with Crippen molar-refractivity contribution in [2.75, 3.05) is 25.2 Å². The van der Waals surface area contributed by atoms with Crippen LogP contribution < -0.4 is 10.1 Å². The van der Waals surface area contributed by atoms with Gasteiger partial charge >= 0.3 is 0 Å². The van der Waals surface area contributed by atoms with Crippen LogP contribution in [-0.4, -0.2) is 48.0 Å². The zero-order chi connectivity index (χ0) is 18.5. The summed E-state index contributed by atoms with van der Waals surface area (Å²) in [6, 6.07) is 5.90. The molecule has 8 heteroatoms. The molecule has 1 amide bonds. The van der Waals surface area contributed by atoms with E-state index in [1.807, 2.05) is 7.05 Å². The van der Waals surface area contributed by atoms with Gasteiger partial charge in [-0.15, -0.1) is 12.4 Å². The average molecular weight is 432 g/mol. The van der Waals surface area contributed by atoms with Crippen LogP contribution in [0, 0.1) is 0 Å². The number of methoxy groups -OCH3 is 1. The van der Waals surface area contributed by atoms with Gasteiger partial charge in [-0.2, -0.15) is 0 Å². The molecule has 1 aromatic carbocycles. The minimum Gasteiger partial charge on any atom is -0.495 e. The first-order valence-electron chi connectivity index (χ1n) is 9.13. The lowest BCUT2D eigenvalue weighted by atomic mass is 9.96. The van der Waals surface area contributed by atoms with E-state index < -0.39 is 0 Å². The van der Waals surface area contributed by atoms with Crippen molar-refractivity contribution in [3.05, 3.63) is 23.2 Å². The molecule has 3 rings (SSSR count). The van der Waals surface area contributed by atoms with Crippen molar-refractivity contribution in [3.8, 4) is 5.75 Å². The second kappa shape index (κ2) is 10.4. The molecule has 1 aliphatic carbocycles. The SMILES string of the molecule is COc1ccc(NC(=O)CC2CS/C(=N\C3CCCCC3)N2C)cc1Cl.Cl. The molecule has 1 saturated heterocycles. The van der Waals surface area contributed by atoms with E-state index in [0.717, 1.165) is 10.9 Å². The van der Waals surface area contributed by atoms with Gasteiger partial charge in [0.05, 0.1) is 18.2 Å². The van der Waals surface area contributed by atoms with Gasteiger partial charge in [-0.05, 0) is 31.0 Å². The van der Waals surface area contributed by atoms with E-state index in [9.17, 15) is 4.79 Å². The highest BCUT2D eigenvalue weighted by Gasteiger charge is 2.30. The number of hydrogen-bond acceptors (Lipinski definition) is 4. The highest BCUT2D eigenvalue weighted by Crippen LogP contribution is 2.29. The van der Waals surface area contributed by atoms with Crippen LogP contribution in [0.5, 0.6) is 5.75 Å². The molecule has 27 heavy (non-hydrogen) atoms. The van der Waals surface area contributed by atoms with E-state index in [1.165, 1.54) is 32.1 Å². The zero-order valence-corrected chi connectivity index (χ0v) is 18.1. The monoisotopic (exact) mass is 431 g/mol. The molecule has 150 valence electrons. The smallest absolute Gasteiger partial charge is 0.226 e. The molecule has 0 radical (unpaired) electrons. The minimum atomic E-state index is -0.0115. The highest BCUT2D eigenvalue weighted by atomic mass is 35.5. The number of aliphatic imine (C=N–C) groups is 1. The molecule has 2 fully saturated rings. The molecule has 0 bridgehead atoms. The fraction of sp³-hybridized carbons (Fsp3) is 0.579. The maximum absolute atomic E-state index is 12.4. The van der Waals surface area contributed by atoms with Gasteiger partial charge in [0.2, 0.25) is 5.91 Å². The Labute approximate surface area is 176 Å². The molecule has 1 heterocycles. The van der Waals surface area contributed by atoms with Gasteiger partial charge in [-0.3, -0.25) is 9.79 Å². The van der Waals surface area contributed by atoms with Crippen molar-refractivity contribution in [2.24, 2.45) is 4.99 Å². The zero-order valence-electron chi connectivity index (χ0n) is 15.7.